The maximum Gasteiger partial charge on any atom is 0.248 e. The largest absolute Gasteiger partial charge is 0.493 e. The number of hydrogen-bond donors (Lipinski definition) is 1. The van der Waals surface area contributed by atoms with Crippen LogP contribution >= 0.6 is 0 Å². The average molecular weight is 327 g/mol. The molecular weight excluding hydrogens is 306 g/mol. The van der Waals surface area contributed by atoms with Crippen LogP contribution < -0.4 is 19.5 Å². The van der Waals surface area contributed by atoms with Crippen LogP contribution in [-0.2, 0) is 4.79 Å². The summed E-state index contributed by atoms with van der Waals surface area (Å²) in [4.78, 5) is 12.1. The van der Waals surface area contributed by atoms with E-state index < -0.39 is 0 Å². The lowest BCUT2D eigenvalue weighted by atomic mass is 10.2. The SMILES string of the molecule is CCOc1ccccc1/C=C/C(=O)Nc1ccc(OC)c(OC)c1. The average Bonchev–Trinajstić information content (AvgIpc) is 2.61. The second-order valence-corrected chi connectivity index (χ2v) is 4.86. The molecule has 1 amide bonds. The third-order valence-corrected chi connectivity index (χ3v) is 3.28. The Balaban J connectivity index is 2.08. The van der Waals surface area contributed by atoms with Crippen molar-refractivity contribution in [3.8, 4) is 17.2 Å². The summed E-state index contributed by atoms with van der Waals surface area (Å²) < 4.78 is 15.9. The number of nitrogens with one attached hydrogen (secondary N) is 1. The summed E-state index contributed by atoms with van der Waals surface area (Å²) in [5, 5.41) is 2.79. The standard InChI is InChI=1S/C19H21NO4/c1-4-24-16-8-6-5-7-14(16)9-12-19(21)20-15-10-11-17(22-2)18(13-15)23-3/h5-13H,4H2,1-3H3,(H,20,21)/b12-9+. The minimum absolute atomic E-state index is 0.242. The first-order chi connectivity index (χ1) is 11.7. The zero-order valence-corrected chi connectivity index (χ0v) is 14.0. The number of carbonyl (C=O) groups excluding carboxylic acids is 1. The molecule has 0 atom stereocenters. The highest BCUT2D eigenvalue weighted by Gasteiger charge is 2.06. The first-order valence-electron chi connectivity index (χ1n) is 7.60. The Morgan fingerprint density at radius 1 is 1.04 bits per heavy atom. The van der Waals surface area contributed by atoms with Crippen LogP contribution in [0.2, 0.25) is 0 Å². The Hall–Kier alpha value is -2.95. The molecule has 0 heterocycles. The highest BCUT2D eigenvalue weighted by molar-refractivity contribution is 6.02. The van der Waals surface area contributed by atoms with Crippen molar-refractivity contribution in [3.05, 3.63) is 54.1 Å². The van der Waals surface area contributed by atoms with Gasteiger partial charge in [-0.1, -0.05) is 18.2 Å². The molecule has 0 aliphatic carbocycles. The van der Waals surface area contributed by atoms with Crippen molar-refractivity contribution < 1.29 is 19.0 Å². The fourth-order valence-corrected chi connectivity index (χ4v) is 2.17. The third-order valence-electron chi connectivity index (χ3n) is 3.28. The minimum atomic E-state index is -0.242. The predicted octanol–water partition coefficient (Wildman–Crippen LogP) is 3.75. The third kappa shape index (κ3) is 4.52. The Morgan fingerprint density at radius 2 is 1.79 bits per heavy atom. The molecule has 0 saturated heterocycles. The van der Waals surface area contributed by atoms with Gasteiger partial charge in [0.2, 0.25) is 5.91 Å². The first kappa shape index (κ1) is 17.4. The molecule has 0 spiro atoms. The zero-order valence-electron chi connectivity index (χ0n) is 14.0. The normalized spacial score (nSPS) is 10.5. The first-order valence-corrected chi connectivity index (χ1v) is 7.60. The van der Waals surface area contributed by atoms with Gasteiger partial charge in [0.15, 0.2) is 11.5 Å². The summed E-state index contributed by atoms with van der Waals surface area (Å²) in [5.74, 6) is 1.67. The summed E-state index contributed by atoms with van der Waals surface area (Å²) in [6.07, 6.45) is 3.19. The van der Waals surface area contributed by atoms with Gasteiger partial charge < -0.3 is 19.5 Å². The topological polar surface area (TPSA) is 56.8 Å². The second-order valence-electron chi connectivity index (χ2n) is 4.86. The monoisotopic (exact) mass is 327 g/mol. The molecule has 0 saturated carbocycles. The number of amides is 1. The van der Waals surface area contributed by atoms with Gasteiger partial charge in [0.25, 0.3) is 0 Å². The molecule has 2 rings (SSSR count). The van der Waals surface area contributed by atoms with Gasteiger partial charge in [-0.05, 0) is 31.2 Å². The van der Waals surface area contributed by atoms with Crippen molar-refractivity contribution in [2.24, 2.45) is 0 Å². The van der Waals surface area contributed by atoms with Crippen LogP contribution in [0.15, 0.2) is 48.5 Å². The van der Waals surface area contributed by atoms with Crippen molar-refractivity contribution in [1.82, 2.24) is 0 Å². The molecule has 2 aromatic carbocycles. The van der Waals surface area contributed by atoms with Crippen LogP contribution in [0.4, 0.5) is 5.69 Å². The molecule has 0 aliphatic rings. The number of ether oxygens (including phenoxy) is 3. The quantitative estimate of drug-likeness (QED) is 0.787. The van der Waals surface area contributed by atoms with Crippen LogP contribution in [0.3, 0.4) is 0 Å². The van der Waals surface area contributed by atoms with Crippen molar-refractivity contribution in [1.29, 1.82) is 0 Å². The van der Waals surface area contributed by atoms with Crippen molar-refractivity contribution in [3.63, 3.8) is 0 Å². The molecule has 126 valence electrons. The van der Waals surface area contributed by atoms with Gasteiger partial charge in [-0.3, -0.25) is 4.79 Å². The lowest BCUT2D eigenvalue weighted by molar-refractivity contribution is -0.111. The zero-order chi connectivity index (χ0) is 17.4. The smallest absolute Gasteiger partial charge is 0.248 e. The summed E-state index contributed by atoms with van der Waals surface area (Å²) in [5.41, 5.74) is 1.47. The van der Waals surface area contributed by atoms with Crippen LogP contribution in [0, 0.1) is 0 Å². The van der Waals surface area contributed by atoms with Crippen molar-refractivity contribution >= 4 is 17.7 Å². The van der Waals surface area contributed by atoms with E-state index in [-0.39, 0.29) is 5.91 Å². The molecule has 0 aromatic heterocycles. The fraction of sp³-hybridized carbons (Fsp3) is 0.211. The number of anilines is 1. The van der Waals surface area contributed by atoms with Crippen LogP contribution in [0.5, 0.6) is 17.2 Å². The van der Waals surface area contributed by atoms with Crippen molar-refractivity contribution in [2.75, 3.05) is 26.1 Å². The maximum absolute atomic E-state index is 12.1. The fourth-order valence-electron chi connectivity index (χ4n) is 2.17. The number of carbonyl (C=O) groups is 1. The summed E-state index contributed by atoms with van der Waals surface area (Å²) in [6, 6.07) is 12.8. The van der Waals surface area contributed by atoms with Gasteiger partial charge in [0.05, 0.1) is 20.8 Å². The number of benzene rings is 2. The second kappa shape index (κ2) is 8.62. The van der Waals surface area contributed by atoms with E-state index in [9.17, 15) is 4.79 Å². The Kier molecular flexibility index (Phi) is 6.25. The van der Waals surface area contributed by atoms with E-state index in [1.54, 1.807) is 38.5 Å². The minimum Gasteiger partial charge on any atom is -0.493 e. The summed E-state index contributed by atoms with van der Waals surface area (Å²) >= 11 is 0. The van der Waals surface area contributed by atoms with Gasteiger partial charge in [0.1, 0.15) is 5.75 Å². The van der Waals surface area contributed by atoms with Gasteiger partial charge in [-0.15, -0.1) is 0 Å². The van der Waals surface area contributed by atoms with Crippen LogP contribution in [0.25, 0.3) is 6.08 Å². The molecule has 0 radical (unpaired) electrons. The molecule has 2 aromatic rings. The summed E-state index contributed by atoms with van der Waals surface area (Å²) in [6.45, 7) is 2.49. The number of hydrogen-bond acceptors (Lipinski definition) is 4. The lowest BCUT2D eigenvalue weighted by Crippen LogP contribution is -2.08. The van der Waals surface area contributed by atoms with Gasteiger partial charge in [-0.25, -0.2) is 0 Å². The van der Waals surface area contributed by atoms with E-state index in [0.29, 0.717) is 23.8 Å². The van der Waals surface area contributed by atoms with Gasteiger partial charge in [-0.2, -0.15) is 0 Å². The number of rotatable bonds is 7. The Bertz CT molecular complexity index is 725. The Labute approximate surface area is 141 Å². The van der Waals surface area contributed by atoms with Crippen LogP contribution in [-0.4, -0.2) is 26.7 Å². The predicted molar refractivity (Wildman–Crippen MR) is 94.8 cm³/mol. The number of para-hydroxylation sites is 1. The molecule has 0 aliphatic heterocycles. The van der Waals surface area contributed by atoms with E-state index in [2.05, 4.69) is 5.32 Å². The molecule has 0 unspecified atom stereocenters. The molecule has 0 fully saturated rings. The van der Waals surface area contributed by atoms with E-state index in [4.69, 9.17) is 14.2 Å². The van der Waals surface area contributed by atoms with E-state index >= 15 is 0 Å². The van der Waals surface area contributed by atoms with Crippen molar-refractivity contribution in [2.45, 2.75) is 6.92 Å². The lowest BCUT2D eigenvalue weighted by Gasteiger charge is -2.09. The summed E-state index contributed by atoms with van der Waals surface area (Å²) in [7, 11) is 3.11. The highest BCUT2D eigenvalue weighted by Crippen LogP contribution is 2.29. The Morgan fingerprint density at radius 3 is 2.50 bits per heavy atom. The van der Waals surface area contributed by atoms with Gasteiger partial charge in [0, 0.05) is 23.4 Å². The molecule has 24 heavy (non-hydrogen) atoms. The van der Waals surface area contributed by atoms with Gasteiger partial charge >= 0.3 is 0 Å². The highest BCUT2D eigenvalue weighted by atomic mass is 16.5. The molecule has 0 bridgehead atoms. The maximum atomic E-state index is 12.1. The van der Waals surface area contributed by atoms with E-state index in [1.165, 1.54) is 6.08 Å². The molecule has 5 nitrogen and oxygen atoms in total. The van der Waals surface area contributed by atoms with E-state index in [1.807, 2.05) is 31.2 Å². The molecule has 1 N–H and O–H groups in total. The van der Waals surface area contributed by atoms with E-state index in [0.717, 1.165) is 11.3 Å². The molecule has 5 heteroatoms. The van der Waals surface area contributed by atoms with Crippen LogP contribution in [0.1, 0.15) is 12.5 Å². The molecular formula is C19H21NO4. The number of methoxy groups -OCH3 is 2.